The molecule has 1 aliphatic rings. The topological polar surface area (TPSA) is 52.0 Å². The number of hydrogen-bond acceptors (Lipinski definition) is 4. The van der Waals surface area contributed by atoms with Gasteiger partial charge in [0.2, 0.25) is 0 Å². The second-order valence-electron chi connectivity index (χ2n) is 6.46. The highest BCUT2D eigenvalue weighted by molar-refractivity contribution is 7.14. The number of hydrogen-bond donors (Lipinski definition) is 0. The summed E-state index contributed by atoms with van der Waals surface area (Å²) in [5.74, 6) is 0.0754. The first kappa shape index (κ1) is 16.0. The molecular weight excluding hydrogens is 332 g/mol. The van der Waals surface area contributed by atoms with Gasteiger partial charge in [0.15, 0.2) is 5.78 Å². The Morgan fingerprint density at radius 2 is 1.92 bits per heavy atom. The van der Waals surface area contributed by atoms with Gasteiger partial charge in [0.25, 0.3) is 5.56 Å². The Bertz CT molecular complexity index is 1030. The SMILES string of the molecule is CC(=O)c1cc2c(s1)CCCc1cc(=O)n(-c3ccc(C)cc3)nc1-2. The lowest BCUT2D eigenvalue weighted by molar-refractivity contribution is 0.102. The lowest BCUT2D eigenvalue weighted by Crippen LogP contribution is -2.22. The molecule has 4 nitrogen and oxygen atoms in total. The highest BCUT2D eigenvalue weighted by Crippen LogP contribution is 2.36. The summed E-state index contributed by atoms with van der Waals surface area (Å²) >= 11 is 1.55. The fourth-order valence-electron chi connectivity index (χ4n) is 3.21. The van der Waals surface area contributed by atoms with Gasteiger partial charge in [-0.1, -0.05) is 17.7 Å². The number of nitrogens with zero attached hydrogens (tertiary/aromatic N) is 2. The molecule has 25 heavy (non-hydrogen) atoms. The molecule has 4 rings (SSSR count). The fourth-order valence-corrected chi connectivity index (χ4v) is 4.31. The minimum atomic E-state index is -0.118. The second-order valence-corrected chi connectivity index (χ2v) is 7.60. The van der Waals surface area contributed by atoms with Crippen LogP contribution in [0.5, 0.6) is 0 Å². The van der Waals surface area contributed by atoms with E-state index < -0.39 is 0 Å². The Labute approximate surface area is 149 Å². The van der Waals surface area contributed by atoms with Crippen molar-refractivity contribution in [3.63, 3.8) is 0 Å². The molecule has 126 valence electrons. The largest absolute Gasteiger partial charge is 0.294 e. The van der Waals surface area contributed by atoms with Crippen molar-refractivity contribution < 1.29 is 4.79 Å². The molecule has 0 N–H and O–H groups in total. The average molecular weight is 350 g/mol. The van der Waals surface area contributed by atoms with Crippen molar-refractivity contribution in [1.29, 1.82) is 0 Å². The van der Waals surface area contributed by atoms with Crippen LogP contribution in [0, 0.1) is 6.92 Å². The van der Waals surface area contributed by atoms with E-state index in [1.807, 2.05) is 37.3 Å². The predicted molar refractivity (Wildman–Crippen MR) is 99.9 cm³/mol. The van der Waals surface area contributed by atoms with Crippen molar-refractivity contribution >= 4 is 17.1 Å². The molecule has 0 spiro atoms. The quantitative estimate of drug-likeness (QED) is 0.657. The van der Waals surface area contributed by atoms with E-state index >= 15 is 0 Å². The third-order valence-electron chi connectivity index (χ3n) is 4.55. The molecule has 0 saturated carbocycles. The van der Waals surface area contributed by atoms with Crippen molar-refractivity contribution in [2.75, 3.05) is 0 Å². The van der Waals surface area contributed by atoms with Gasteiger partial charge in [0.1, 0.15) is 0 Å². The van der Waals surface area contributed by atoms with Crippen LogP contribution < -0.4 is 5.56 Å². The Kier molecular flexibility index (Phi) is 3.88. The first-order valence-electron chi connectivity index (χ1n) is 8.37. The van der Waals surface area contributed by atoms with E-state index in [2.05, 4.69) is 5.10 Å². The van der Waals surface area contributed by atoms with Crippen LogP contribution in [0.15, 0.2) is 41.2 Å². The van der Waals surface area contributed by atoms with Gasteiger partial charge < -0.3 is 0 Å². The maximum absolute atomic E-state index is 12.6. The molecule has 2 heterocycles. The van der Waals surface area contributed by atoms with E-state index in [0.29, 0.717) is 0 Å². The Morgan fingerprint density at radius 1 is 1.16 bits per heavy atom. The monoisotopic (exact) mass is 350 g/mol. The summed E-state index contributed by atoms with van der Waals surface area (Å²) in [4.78, 5) is 26.3. The van der Waals surface area contributed by atoms with E-state index in [0.717, 1.165) is 52.2 Å². The maximum Gasteiger partial charge on any atom is 0.271 e. The summed E-state index contributed by atoms with van der Waals surface area (Å²) in [5.41, 5.74) is 4.58. The van der Waals surface area contributed by atoms with Crippen LogP contribution in [0.25, 0.3) is 16.9 Å². The molecule has 0 atom stereocenters. The zero-order valence-corrected chi connectivity index (χ0v) is 15.0. The van der Waals surface area contributed by atoms with Gasteiger partial charge in [-0.2, -0.15) is 9.78 Å². The fraction of sp³-hybridized carbons (Fsp3) is 0.250. The lowest BCUT2D eigenvalue weighted by atomic mass is 10.1. The van der Waals surface area contributed by atoms with Gasteiger partial charge in [-0.15, -0.1) is 11.3 Å². The van der Waals surface area contributed by atoms with E-state index in [9.17, 15) is 9.59 Å². The van der Waals surface area contributed by atoms with Crippen LogP contribution in [-0.2, 0) is 12.8 Å². The van der Waals surface area contributed by atoms with Crippen LogP contribution in [-0.4, -0.2) is 15.6 Å². The van der Waals surface area contributed by atoms with Crippen LogP contribution >= 0.6 is 11.3 Å². The van der Waals surface area contributed by atoms with Crippen molar-refractivity contribution in [2.24, 2.45) is 0 Å². The Balaban J connectivity index is 1.93. The average Bonchev–Trinajstić information content (AvgIpc) is 2.94. The molecule has 5 heteroatoms. The number of rotatable bonds is 2. The summed E-state index contributed by atoms with van der Waals surface area (Å²) in [7, 11) is 0. The minimum Gasteiger partial charge on any atom is -0.294 e. The van der Waals surface area contributed by atoms with Gasteiger partial charge >= 0.3 is 0 Å². The third kappa shape index (κ3) is 2.85. The number of aryl methyl sites for hydroxylation is 3. The van der Waals surface area contributed by atoms with Crippen molar-refractivity contribution in [1.82, 2.24) is 9.78 Å². The molecule has 0 bridgehead atoms. The smallest absolute Gasteiger partial charge is 0.271 e. The standard InChI is InChI=1S/C20H18N2O2S/c1-12-6-8-15(9-7-12)22-19(24)10-14-4-3-5-17-16(20(14)21-22)11-18(25-17)13(2)23/h6-11H,3-5H2,1-2H3. The molecule has 0 radical (unpaired) electrons. The molecule has 0 aliphatic heterocycles. The first-order chi connectivity index (χ1) is 12.0. The minimum absolute atomic E-state index is 0.0754. The number of benzene rings is 1. The van der Waals surface area contributed by atoms with Gasteiger partial charge in [-0.3, -0.25) is 9.59 Å². The maximum atomic E-state index is 12.6. The summed E-state index contributed by atoms with van der Waals surface area (Å²) in [5, 5.41) is 4.69. The normalized spacial score (nSPS) is 13.0. The van der Waals surface area contributed by atoms with E-state index in [-0.39, 0.29) is 11.3 Å². The van der Waals surface area contributed by atoms with Crippen molar-refractivity contribution in [3.05, 3.63) is 67.6 Å². The Hall–Kier alpha value is -2.53. The number of aromatic nitrogens is 2. The van der Waals surface area contributed by atoms with Gasteiger partial charge in [0, 0.05) is 16.5 Å². The first-order valence-corrected chi connectivity index (χ1v) is 9.19. The summed E-state index contributed by atoms with van der Waals surface area (Å²) in [6, 6.07) is 11.4. The van der Waals surface area contributed by atoms with Gasteiger partial charge in [0.05, 0.1) is 16.3 Å². The zero-order chi connectivity index (χ0) is 17.6. The molecule has 1 aromatic carbocycles. The zero-order valence-electron chi connectivity index (χ0n) is 14.2. The van der Waals surface area contributed by atoms with Gasteiger partial charge in [-0.25, -0.2) is 0 Å². The number of fused-ring (bicyclic) bond motifs is 3. The highest BCUT2D eigenvalue weighted by Gasteiger charge is 2.22. The third-order valence-corrected chi connectivity index (χ3v) is 5.85. The molecule has 1 aliphatic carbocycles. The Morgan fingerprint density at radius 3 is 2.64 bits per heavy atom. The van der Waals surface area contributed by atoms with Crippen LogP contribution in [0.4, 0.5) is 0 Å². The molecular formula is C20H18N2O2S. The van der Waals surface area contributed by atoms with E-state index in [1.54, 1.807) is 24.3 Å². The molecule has 0 amide bonds. The summed E-state index contributed by atoms with van der Waals surface area (Å²) in [6.45, 7) is 3.60. The number of thiophene rings is 1. The molecule has 3 aromatic rings. The number of Topliss-reactive ketones (excluding diaryl/α,β-unsaturated/α-hetero) is 1. The highest BCUT2D eigenvalue weighted by atomic mass is 32.1. The van der Waals surface area contributed by atoms with Crippen LogP contribution in [0.3, 0.4) is 0 Å². The van der Waals surface area contributed by atoms with Crippen molar-refractivity contribution in [3.8, 4) is 16.9 Å². The molecule has 0 fully saturated rings. The lowest BCUT2D eigenvalue weighted by Gasteiger charge is -2.10. The van der Waals surface area contributed by atoms with Gasteiger partial charge in [-0.05, 0) is 56.9 Å². The molecule has 0 unspecified atom stereocenters. The van der Waals surface area contributed by atoms with E-state index in [1.165, 1.54) is 9.56 Å². The summed E-state index contributed by atoms with van der Waals surface area (Å²) < 4.78 is 1.46. The van der Waals surface area contributed by atoms with Crippen LogP contribution in [0.2, 0.25) is 0 Å². The van der Waals surface area contributed by atoms with Crippen molar-refractivity contribution in [2.45, 2.75) is 33.1 Å². The van der Waals surface area contributed by atoms with E-state index in [4.69, 9.17) is 0 Å². The van der Waals surface area contributed by atoms with Crippen LogP contribution in [0.1, 0.15) is 39.0 Å². The summed E-state index contributed by atoms with van der Waals surface area (Å²) in [6.07, 6.45) is 2.72. The molecule has 2 aromatic heterocycles. The predicted octanol–water partition coefficient (Wildman–Crippen LogP) is 3.96. The molecule has 0 saturated heterocycles. The number of carbonyl (C=O) groups is 1. The number of ketones is 1. The second kappa shape index (κ2) is 6.08. The number of carbonyl (C=O) groups excluding carboxylic acids is 1.